The van der Waals surface area contributed by atoms with E-state index in [4.69, 9.17) is 5.11 Å². The molecule has 0 unspecified atom stereocenters. The number of carboxylic acids is 1. The number of aliphatic carboxylic acids is 1. The van der Waals surface area contributed by atoms with Crippen LogP contribution >= 0.6 is 0 Å². The van der Waals surface area contributed by atoms with Gasteiger partial charge in [0.15, 0.2) is 0 Å². The minimum Gasteiger partial charge on any atom is -0.480 e. The summed E-state index contributed by atoms with van der Waals surface area (Å²) in [5.41, 5.74) is 0. The lowest BCUT2D eigenvalue weighted by atomic mass is 10.1. The monoisotopic (exact) mass is 159 g/mol. The van der Waals surface area contributed by atoms with Crippen LogP contribution in [0.4, 0.5) is 0 Å². The van der Waals surface area contributed by atoms with Crippen molar-refractivity contribution in [2.45, 2.75) is 39.2 Å². The molecule has 0 radical (unpaired) electrons. The Kier molecular flexibility index (Phi) is 5.84. The van der Waals surface area contributed by atoms with Gasteiger partial charge in [0, 0.05) is 0 Å². The van der Waals surface area contributed by atoms with Gasteiger partial charge in [-0.1, -0.05) is 20.3 Å². The molecule has 11 heavy (non-hydrogen) atoms. The van der Waals surface area contributed by atoms with Crippen LogP contribution < -0.4 is 5.32 Å². The standard InChI is InChI=1S/C6H11NO2.C2H6/c8-6(9)5-3-1-2-4-7-5;1-2/h5,7H,1-4H2,(H,8,9);1-2H3/t5-;/m0./s1. The Balaban J connectivity index is 0.000000461. The Hall–Kier alpha value is -0.570. The molecule has 0 bridgehead atoms. The van der Waals surface area contributed by atoms with Crippen LogP contribution in [0, 0.1) is 0 Å². The average Bonchev–Trinajstić information content (AvgIpc) is 2.10. The molecule has 2 N–H and O–H groups in total. The predicted octanol–water partition coefficient (Wildman–Crippen LogP) is 1.24. The lowest BCUT2D eigenvalue weighted by Gasteiger charge is -2.18. The van der Waals surface area contributed by atoms with Crippen LogP contribution in [0.2, 0.25) is 0 Å². The van der Waals surface area contributed by atoms with Gasteiger partial charge in [0.2, 0.25) is 0 Å². The van der Waals surface area contributed by atoms with Crippen molar-refractivity contribution in [3.8, 4) is 0 Å². The van der Waals surface area contributed by atoms with Gasteiger partial charge >= 0.3 is 5.97 Å². The van der Waals surface area contributed by atoms with E-state index >= 15 is 0 Å². The zero-order valence-electron chi connectivity index (χ0n) is 7.26. The first-order chi connectivity index (χ1) is 5.30. The van der Waals surface area contributed by atoms with Crippen molar-refractivity contribution in [1.29, 1.82) is 0 Å². The zero-order chi connectivity index (χ0) is 8.69. The summed E-state index contributed by atoms with van der Waals surface area (Å²) in [6.45, 7) is 4.86. The predicted molar refractivity (Wildman–Crippen MR) is 44.6 cm³/mol. The van der Waals surface area contributed by atoms with E-state index < -0.39 is 5.97 Å². The van der Waals surface area contributed by atoms with Crippen molar-refractivity contribution < 1.29 is 9.90 Å². The first-order valence-electron chi connectivity index (χ1n) is 4.27. The highest BCUT2D eigenvalue weighted by atomic mass is 16.4. The molecule has 1 atom stereocenters. The van der Waals surface area contributed by atoms with E-state index in [0.717, 1.165) is 25.8 Å². The molecule has 0 aromatic rings. The van der Waals surface area contributed by atoms with Gasteiger partial charge in [0.05, 0.1) is 0 Å². The van der Waals surface area contributed by atoms with E-state index in [9.17, 15) is 4.79 Å². The molecule has 1 fully saturated rings. The van der Waals surface area contributed by atoms with E-state index in [0.29, 0.717) is 0 Å². The third-order valence-corrected chi connectivity index (χ3v) is 1.61. The van der Waals surface area contributed by atoms with Crippen LogP contribution in [0.3, 0.4) is 0 Å². The van der Waals surface area contributed by atoms with E-state index in [1.807, 2.05) is 13.8 Å². The summed E-state index contributed by atoms with van der Waals surface area (Å²) in [6, 6.07) is -0.279. The van der Waals surface area contributed by atoms with Gasteiger partial charge in [-0.05, 0) is 19.4 Å². The van der Waals surface area contributed by atoms with Crippen molar-refractivity contribution in [2.75, 3.05) is 6.54 Å². The van der Waals surface area contributed by atoms with Crippen molar-refractivity contribution in [3.63, 3.8) is 0 Å². The summed E-state index contributed by atoms with van der Waals surface area (Å²) < 4.78 is 0. The fourth-order valence-electron chi connectivity index (χ4n) is 1.06. The van der Waals surface area contributed by atoms with Crippen molar-refractivity contribution in [2.24, 2.45) is 0 Å². The summed E-state index contributed by atoms with van der Waals surface area (Å²) in [4.78, 5) is 10.3. The Morgan fingerprint density at radius 1 is 1.45 bits per heavy atom. The Bertz CT molecular complexity index is 109. The summed E-state index contributed by atoms with van der Waals surface area (Å²) in [5, 5.41) is 11.4. The van der Waals surface area contributed by atoms with Gasteiger partial charge < -0.3 is 10.4 Å². The van der Waals surface area contributed by atoms with Crippen LogP contribution in [0.5, 0.6) is 0 Å². The Morgan fingerprint density at radius 3 is 2.36 bits per heavy atom. The summed E-state index contributed by atoms with van der Waals surface area (Å²) in [5.74, 6) is -0.713. The molecule has 66 valence electrons. The maximum atomic E-state index is 10.3. The van der Waals surface area contributed by atoms with Gasteiger partial charge in [-0.15, -0.1) is 0 Å². The largest absolute Gasteiger partial charge is 0.480 e. The molecule has 0 saturated carbocycles. The molecular weight excluding hydrogens is 142 g/mol. The number of rotatable bonds is 1. The van der Waals surface area contributed by atoms with Crippen LogP contribution in [0.1, 0.15) is 33.1 Å². The third kappa shape index (κ3) is 3.98. The van der Waals surface area contributed by atoms with Gasteiger partial charge in [0.25, 0.3) is 0 Å². The maximum absolute atomic E-state index is 10.3. The van der Waals surface area contributed by atoms with Gasteiger partial charge in [0.1, 0.15) is 6.04 Å². The summed E-state index contributed by atoms with van der Waals surface area (Å²) in [6.07, 6.45) is 2.95. The highest BCUT2D eigenvalue weighted by Gasteiger charge is 2.18. The number of piperidine rings is 1. The number of hydrogen-bond donors (Lipinski definition) is 2. The third-order valence-electron chi connectivity index (χ3n) is 1.61. The summed E-state index contributed by atoms with van der Waals surface area (Å²) in [7, 11) is 0. The quantitative estimate of drug-likeness (QED) is 0.605. The second kappa shape index (κ2) is 6.16. The molecule has 0 spiro atoms. The molecule has 0 aromatic heterocycles. The number of hydrogen-bond acceptors (Lipinski definition) is 2. The van der Waals surface area contributed by atoms with Crippen molar-refractivity contribution >= 4 is 5.97 Å². The smallest absolute Gasteiger partial charge is 0.320 e. The average molecular weight is 159 g/mol. The molecular formula is C8H17NO2. The fourth-order valence-corrected chi connectivity index (χ4v) is 1.06. The van der Waals surface area contributed by atoms with Crippen LogP contribution in [-0.4, -0.2) is 23.7 Å². The van der Waals surface area contributed by atoms with Gasteiger partial charge in [-0.25, -0.2) is 0 Å². The number of nitrogens with one attached hydrogen (secondary N) is 1. The highest BCUT2D eigenvalue weighted by Crippen LogP contribution is 2.05. The Labute approximate surface area is 67.8 Å². The maximum Gasteiger partial charge on any atom is 0.320 e. The molecule has 1 saturated heterocycles. The molecule has 1 aliphatic rings. The normalized spacial score (nSPS) is 23.3. The van der Waals surface area contributed by atoms with Crippen LogP contribution in [0.15, 0.2) is 0 Å². The van der Waals surface area contributed by atoms with Gasteiger partial charge in [-0.3, -0.25) is 4.79 Å². The van der Waals surface area contributed by atoms with Crippen molar-refractivity contribution in [1.82, 2.24) is 5.32 Å². The molecule has 3 nitrogen and oxygen atoms in total. The second-order valence-corrected chi connectivity index (χ2v) is 2.34. The first-order valence-corrected chi connectivity index (χ1v) is 4.27. The summed E-state index contributed by atoms with van der Waals surface area (Å²) >= 11 is 0. The minimum absolute atomic E-state index is 0.279. The molecule has 3 heteroatoms. The van der Waals surface area contributed by atoms with E-state index in [1.54, 1.807) is 0 Å². The minimum atomic E-state index is -0.713. The molecule has 0 amide bonds. The number of carbonyl (C=O) groups is 1. The van der Waals surface area contributed by atoms with E-state index in [2.05, 4.69) is 5.32 Å². The van der Waals surface area contributed by atoms with Crippen LogP contribution in [-0.2, 0) is 4.79 Å². The lowest BCUT2D eigenvalue weighted by molar-refractivity contribution is -0.140. The number of carboxylic acid groups (broad SMARTS) is 1. The van der Waals surface area contributed by atoms with Crippen molar-refractivity contribution in [3.05, 3.63) is 0 Å². The van der Waals surface area contributed by atoms with Crippen LogP contribution in [0.25, 0.3) is 0 Å². The van der Waals surface area contributed by atoms with Gasteiger partial charge in [-0.2, -0.15) is 0 Å². The highest BCUT2D eigenvalue weighted by molar-refractivity contribution is 5.73. The zero-order valence-corrected chi connectivity index (χ0v) is 7.26. The molecule has 0 aliphatic carbocycles. The lowest BCUT2D eigenvalue weighted by Crippen LogP contribution is -2.40. The Morgan fingerprint density at radius 2 is 2.09 bits per heavy atom. The molecule has 1 heterocycles. The molecule has 0 aromatic carbocycles. The van der Waals surface area contributed by atoms with E-state index in [1.165, 1.54) is 0 Å². The molecule has 1 rings (SSSR count). The second-order valence-electron chi connectivity index (χ2n) is 2.34. The topological polar surface area (TPSA) is 49.3 Å². The SMILES string of the molecule is CC.O=C(O)[C@@H]1CCCCN1. The van der Waals surface area contributed by atoms with E-state index in [-0.39, 0.29) is 6.04 Å². The first kappa shape index (κ1) is 10.4. The fraction of sp³-hybridized carbons (Fsp3) is 0.875. The molecule has 1 aliphatic heterocycles.